The van der Waals surface area contributed by atoms with Gasteiger partial charge in [0.1, 0.15) is 11.3 Å². The van der Waals surface area contributed by atoms with E-state index in [1.54, 1.807) is 12.6 Å². The molecular formula is C11H13N3O2S. The maximum absolute atomic E-state index is 5.56. The largest absolute Gasteiger partial charge is 0.368 e. The monoisotopic (exact) mass is 251 g/mol. The summed E-state index contributed by atoms with van der Waals surface area (Å²) >= 11 is 1.51. The predicted octanol–water partition coefficient (Wildman–Crippen LogP) is 2.46. The van der Waals surface area contributed by atoms with Crippen molar-refractivity contribution < 1.29 is 9.26 Å². The molecule has 6 heteroatoms. The van der Waals surface area contributed by atoms with Gasteiger partial charge in [0.05, 0.1) is 5.51 Å². The standard InChI is InChI=1S/C11H13N3O2S/c1-11(15-2,7-3-4-7)10-13-9(14-16-10)8-5-17-6-12-8/h5-7H,3-4H2,1-2H3. The van der Waals surface area contributed by atoms with Gasteiger partial charge in [-0.3, -0.25) is 0 Å². The van der Waals surface area contributed by atoms with Crippen molar-refractivity contribution in [3.8, 4) is 11.5 Å². The third kappa shape index (κ3) is 1.77. The fourth-order valence-electron chi connectivity index (χ4n) is 1.91. The zero-order chi connectivity index (χ0) is 11.9. The van der Waals surface area contributed by atoms with Crippen molar-refractivity contribution in [1.29, 1.82) is 0 Å². The number of ether oxygens (including phenoxy) is 1. The third-order valence-electron chi connectivity index (χ3n) is 3.29. The third-order valence-corrected chi connectivity index (χ3v) is 3.88. The van der Waals surface area contributed by atoms with E-state index in [2.05, 4.69) is 15.1 Å². The molecule has 17 heavy (non-hydrogen) atoms. The SMILES string of the molecule is COC(C)(c1nc(-c2cscn2)no1)C1CC1. The summed E-state index contributed by atoms with van der Waals surface area (Å²) in [5.74, 6) is 1.56. The summed E-state index contributed by atoms with van der Waals surface area (Å²) in [6.07, 6.45) is 2.30. The van der Waals surface area contributed by atoms with Crippen molar-refractivity contribution in [2.75, 3.05) is 7.11 Å². The second kappa shape index (κ2) is 3.89. The Morgan fingerprint density at radius 3 is 2.94 bits per heavy atom. The summed E-state index contributed by atoms with van der Waals surface area (Å²) in [5, 5.41) is 5.86. The smallest absolute Gasteiger partial charge is 0.259 e. The van der Waals surface area contributed by atoms with E-state index in [0.29, 0.717) is 17.6 Å². The Morgan fingerprint density at radius 2 is 2.35 bits per heavy atom. The van der Waals surface area contributed by atoms with E-state index in [4.69, 9.17) is 9.26 Å². The van der Waals surface area contributed by atoms with Crippen LogP contribution in [0.5, 0.6) is 0 Å². The number of methoxy groups -OCH3 is 1. The zero-order valence-electron chi connectivity index (χ0n) is 9.71. The molecule has 2 aromatic heterocycles. The van der Waals surface area contributed by atoms with Crippen LogP contribution in [0.25, 0.3) is 11.5 Å². The Bertz CT molecular complexity index is 507. The summed E-state index contributed by atoms with van der Waals surface area (Å²) in [7, 11) is 1.69. The van der Waals surface area contributed by atoms with Crippen LogP contribution in [0.1, 0.15) is 25.7 Å². The highest BCUT2D eigenvalue weighted by atomic mass is 32.1. The van der Waals surface area contributed by atoms with Crippen LogP contribution in [0, 0.1) is 5.92 Å². The fourth-order valence-corrected chi connectivity index (χ4v) is 2.45. The molecule has 0 amide bonds. The second-order valence-corrected chi connectivity index (χ2v) is 5.10. The lowest BCUT2D eigenvalue weighted by Crippen LogP contribution is -2.27. The second-order valence-electron chi connectivity index (χ2n) is 4.38. The van der Waals surface area contributed by atoms with Gasteiger partial charge in [0.2, 0.25) is 5.82 Å². The van der Waals surface area contributed by atoms with Gasteiger partial charge in [-0.05, 0) is 25.7 Å². The van der Waals surface area contributed by atoms with E-state index in [9.17, 15) is 0 Å². The number of hydrogen-bond donors (Lipinski definition) is 0. The maximum Gasteiger partial charge on any atom is 0.259 e. The fraction of sp³-hybridized carbons (Fsp3) is 0.545. The van der Waals surface area contributed by atoms with Crippen LogP contribution >= 0.6 is 11.3 Å². The first-order valence-electron chi connectivity index (χ1n) is 5.52. The van der Waals surface area contributed by atoms with E-state index in [-0.39, 0.29) is 0 Å². The van der Waals surface area contributed by atoms with Crippen LogP contribution < -0.4 is 0 Å². The predicted molar refractivity (Wildman–Crippen MR) is 62.5 cm³/mol. The Hall–Kier alpha value is -1.27. The van der Waals surface area contributed by atoms with Gasteiger partial charge in [-0.15, -0.1) is 11.3 Å². The highest BCUT2D eigenvalue weighted by molar-refractivity contribution is 7.07. The lowest BCUT2D eigenvalue weighted by molar-refractivity contribution is -0.0429. The minimum absolute atomic E-state index is 0.457. The molecule has 90 valence electrons. The minimum Gasteiger partial charge on any atom is -0.368 e. The first-order valence-corrected chi connectivity index (χ1v) is 6.46. The molecule has 1 fully saturated rings. The number of thiazole rings is 1. The first-order chi connectivity index (χ1) is 8.24. The molecule has 3 rings (SSSR count). The van der Waals surface area contributed by atoms with E-state index in [1.165, 1.54) is 11.3 Å². The average molecular weight is 251 g/mol. The number of aromatic nitrogens is 3. The Kier molecular flexibility index (Phi) is 2.48. The van der Waals surface area contributed by atoms with Crippen molar-refractivity contribution in [3.63, 3.8) is 0 Å². The normalized spacial score (nSPS) is 19.2. The van der Waals surface area contributed by atoms with Gasteiger partial charge in [-0.1, -0.05) is 5.16 Å². The first kappa shape index (κ1) is 10.9. The lowest BCUT2D eigenvalue weighted by Gasteiger charge is -2.22. The molecule has 5 nitrogen and oxygen atoms in total. The van der Waals surface area contributed by atoms with Crippen molar-refractivity contribution in [3.05, 3.63) is 16.8 Å². The van der Waals surface area contributed by atoms with Crippen molar-refractivity contribution in [2.45, 2.75) is 25.4 Å². The molecule has 0 N–H and O–H groups in total. The summed E-state index contributed by atoms with van der Waals surface area (Å²) in [5.41, 5.74) is 2.04. The quantitative estimate of drug-likeness (QED) is 0.835. The number of rotatable bonds is 4. The Morgan fingerprint density at radius 1 is 1.53 bits per heavy atom. The van der Waals surface area contributed by atoms with Crippen LogP contribution in [0.4, 0.5) is 0 Å². The molecule has 1 unspecified atom stereocenters. The van der Waals surface area contributed by atoms with Gasteiger partial charge in [-0.2, -0.15) is 4.98 Å². The van der Waals surface area contributed by atoms with Crippen molar-refractivity contribution in [1.82, 2.24) is 15.1 Å². The molecule has 1 saturated carbocycles. The molecule has 0 bridgehead atoms. The summed E-state index contributed by atoms with van der Waals surface area (Å²) in [6.45, 7) is 2.00. The highest BCUT2D eigenvalue weighted by Gasteiger charge is 2.47. The molecule has 2 aromatic rings. The van der Waals surface area contributed by atoms with Crippen LogP contribution in [-0.4, -0.2) is 22.2 Å². The molecule has 0 radical (unpaired) electrons. The molecule has 0 saturated heterocycles. The minimum atomic E-state index is -0.457. The Labute approximate surface area is 103 Å². The summed E-state index contributed by atoms with van der Waals surface area (Å²) < 4.78 is 10.9. The van der Waals surface area contributed by atoms with Gasteiger partial charge < -0.3 is 9.26 Å². The van der Waals surface area contributed by atoms with Crippen LogP contribution in [0.2, 0.25) is 0 Å². The lowest BCUT2D eigenvalue weighted by atomic mass is 10.0. The van der Waals surface area contributed by atoms with Gasteiger partial charge in [0.25, 0.3) is 5.89 Å². The van der Waals surface area contributed by atoms with Crippen LogP contribution in [0.3, 0.4) is 0 Å². The molecule has 1 aliphatic rings. The average Bonchev–Trinajstić information content (AvgIpc) is 2.88. The van der Waals surface area contributed by atoms with Crippen LogP contribution in [0.15, 0.2) is 15.4 Å². The number of hydrogen-bond acceptors (Lipinski definition) is 6. The number of nitrogens with zero attached hydrogens (tertiary/aromatic N) is 3. The molecule has 2 heterocycles. The zero-order valence-corrected chi connectivity index (χ0v) is 10.5. The Balaban J connectivity index is 1.94. The van der Waals surface area contributed by atoms with Gasteiger partial charge >= 0.3 is 0 Å². The van der Waals surface area contributed by atoms with Crippen molar-refractivity contribution >= 4 is 11.3 Å². The highest BCUT2D eigenvalue weighted by Crippen LogP contribution is 2.47. The van der Waals surface area contributed by atoms with Gasteiger partial charge in [-0.25, -0.2) is 4.98 Å². The van der Waals surface area contributed by atoms with Gasteiger partial charge in [0.15, 0.2) is 0 Å². The van der Waals surface area contributed by atoms with E-state index in [1.807, 2.05) is 12.3 Å². The van der Waals surface area contributed by atoms with Crippen molar-refractivity contribution in [2.24, 2.45) is 5.92 Å². The molecule has 1 atom stereocenters. The molecular weight excluding hydrogens is 238 g/mol. The molecule has 0 aliphatic heterocycles. The summed E-state index contributed by atoms with van der Waals surface area (Å²) in [6, 6.07) is 0. The van der Waals surface area contributed by atoms with E-state index < -0.39 is 5.60 Å². The molecule has 0 spiro atoms. The topological polar surface area (TPSA) is 61.0 Å². The van der Waals surface area contributed by atoms with E-state index in [0.717, 1.165) is 18.5 Å². The summed E-state index contributed by atoms with van der Waals surface area (Å²) in [4.78, 5) is 8.56. The molecule has 0 aromatic carbocycles. The van der Waals surface area contributed by atoms with Crippen LogP contribution in [-0.2, 0) is 10.3 Å². The van der Waals surface area contributed by atoms with Gasteiger partial charge in [0, 0.05) is 12.5 Å². The maximum atomic E-state index is 5.56. The molecule has 1 aliphatic carbocycles. The van der Waals surface area contributed by atoms with E-state index >= 15 is 0 Å².